The maximum atomic E-state index is 11.5. The van der Waals surface area contributed by atoms with Crippen molar-refractivity contribution in [2.75, 3.05) is 6.54 Å². The number of unbranched alkanes of at least 4 members (excludes halogenated alkanes) is 1. The zero-order chi connectivity index (χ0) is 18.9. The van der Waals surface area contributed by atoms with Gasteiger partial charge in [-0.25, -0.2) is 0 Å². The topological polar surface area (TPSA) is 69.6 Å². The van der Waals surface area contributed by atoms with Gasteiger partial charge < -0.3 is 15.5 Å². The Morgan fingerprint density at radius 3 is 2.48 bits per heavy atom. The standard InChI is InChI=1S/C21H33NO3/c1-4-6-12-18(3)20(24)14-11-9-8-10-13-19(23)15-16-21(25)22-17-7-5-2/h8-11,13-14,18-20,23-24H,5,7,12,15-17H2,1-3H3,(H,22,25)/b9-8+,13-10+,14-11+. The van der Waals surface area contributed by atoms with Crippen LogP contribution in [0.1, 0.15) is 52.9 Å². The first-order chi connectivity index (χ1) is 12.0. The van der Waals surface area contributed by atoms with E-state index in [1.165, 1.54) is 0 Å². The van der Waals surface area contributed by atoms with Crippen LogP contribution in [0.4, 0.5) is 0 Å². The zero-order valence-corrected chi connectivity index (χ0v) is 15.7. The van der Waals surface area contributed by atoms with Crippen molar-refractivity contribution in [1.82, 2.24) is 5.32 Å². The lowest BCUT2D eigenvalue weighted by Gasteiger charge is -2.11. The van der Waals surface area contributed by atoms with Crippen LogP contribution in [0.25, 0.3) is 0 Å². The largest absolute Gasteiger partial charge is 0.389 e. The van der Waals surface area contributed by atoms with E-state index in [0.29, 0.717) is 25.8 Å². The average molecular weight is 347 g/mol. The second-order valence-electron chi connectivity index (χ2n) is 6.06. The molecule has 0 aromatic rings. The first-order valence-electron chi connectivity index (χ1n) is 9.05. The van der Waals surface area contributed by atoms with Crippen molar-refractivity contribution in [1.29, 1.82) is 0 Å². The minimum absolute atomic E-state index is 0.0183. The van der Waals surface area contributed by atoms with Gasteiger partial charge >= 0.3 is 0 Å². The maximum absolute atomic E-state index is 11.5. The van der Waals surface area contributed by atoms with E-state index in [1.54, 1.807) is 43.4 Å². The molecule has 140 valence electrons. The van der Waals surface area contributed by atoms with Crippen molar-refractivity contribution in [3.63, 3.8) is 0 Å². The molecule has 0 aromatic carbocycles. The molecule has 0 radical (unpaired) electrons. The van der Waals surface area contributed by atoms with E-state index in [9.17, 15) is 15.0 Å². The van der Waals surface area contributed by atoms with Crippen molar-refractivity contribution in [3.05, 3.63) is 36.5 Å². The monoisotopic (exact) mass is 347 g/mol. The zero-order valence-electron chi connectivity index (χ0n) is 15.7. The number of amides is 1. The van der Waals surface area contributed by atoms with Crippen LogP contribution in [-0.2, 0) is 4.79 Å². The number of aliphatic hydroxyl groups is 2. The number of carbonyl (C=O) groups excluding carboxylic acids is 1. The van der Waals surface area contributed by atoms with Gasteiger partial charge in [-0.2, -0.15) is 0 Å². The summed E-state index contributed by atoms with van der Waals surface area (Å²) in [4.78, 5) is 11.5. The van der Waals surface area contributed by atoms with Gasteiger partial charge in [-0.15, -0.1) is 11.8 Å². The van der Waals surface area contributed by atoms with Crippen molar-refractivity contribution in [2.24, 2.45) is 5.92 Å². The van der Waals surface area contributed by atoms with E-state index in [-0.39, 0.29) is 11.8 Å². The molecule has 0 saturated carbocycles. The number of rotatable bonds is 12. The third-order valence-electron chi connectivity index (χ3n) is 3.68. The van der Waals surface area contributed by atoms with Gasteiger partial charge in [0.15, 0.2) is 0 Å². The first kappa shape index (κ1) is 23.2. The van der Waals surface area contributed by atoms with Crippen LogP contribution in [0.5, 0.6) is 0 Å². The number of allylic oxidation sites excluding steroid dienone is 4. The molecule has 0 aliphatic rings. The van der Waals surface area contributed by atoms with Gasteiger partial charge in [0.1, 0.15) is 0 Å². The predicted octanol–water partition coefficient (Wildman–Crippen LogP) is 3.12. The number of carbonyl (C=O) groups is 1. The van der Waals surface area contributed by atoms with Crippen LogP contribution < -0.4 is 5.32 Å². The number of nitrogens with one attached hydrogen (secondary N) is 1. The Labute approximate surface area is 152 Å². The van der Waals surface area contributed by atoms with Gasteiger partial charge in [-0.1, -0.05) is 56.7 Å². The fraction of sp³-hybridized carbons (Fsp3) is 0.571. The summed E-state index contributed by atoms with van der Waals surface area (Å²) in [6, 6.07) is 0. The van der Waals surface area contributed by atoms with Crippen molar-refractivity contribution >= 4 is 5.91 Å². The fourth-order valence-electron chi connectivity index (χ4n) is 1.94. The van der Waals surface area contributed by atoms with Crippen LogP contribution >= 0.6 is 0 Å². The molecule has 3 N–H and O–H groups in total. The highest BCUT2D eigenvalue weighted by Crippen LogP contribution is 2.08. The van der Waals surface area contributed by atoms with Gasteiger partial charge in [-0.3, -0.25) is 4.79 Å². The van der Waals surface area contributed by atoms with Crippen LogP contribution in [0.2, 0.25) is 0 Å². The summed E-state index contributed by atoms with van der Waals surface area (Å²) < 4.78 is 0. The summed E-state index contributed by atoms with van der Waals surface area (Å²) in [5.74, 6) is 5.85. The summed E-state index contributed by atoms with van der Waals surface area (Å²) in [6.07, 6.45) is 12.7. The molecular weight excluding hydrogens is 314 g/mol. The third kappa shape index (κ3) is 14.2. The predicted molar refractivity (Wildman–Crippen MR) is 104 cm³/mol. The van der Waals surface area contributed by atoms with Gasteiger partial charge in [0.25, 0.3) is 0 Å². The molecule has 0 aliphatic heterocycles. The molecule has 1 amide bonds. The summed E-state index contributed by atoms with van der Waals surface area (Å²) >= 11 is 0. The Hall–Kier alpha value is -1.83. The molecule has 4 heteroatoms. The van der Waals surface area contributed by atoms with Crippen LogP contribution in [-0.4, -0.2) is 34.9 Å². The first-order valence-corrected chi connectivity index (χ1v) is 9.05. The number of hydrogen-bond donors (Lipinski definition) is 3. The molecule has 0 heterocycles. The van der Waals surface area contributed by atoms with Crippen LogP contribution in [0, 0.1) is 17.8 Å². The third-order valence-corrected chi connectivity index (χ3v) is 3.68. The van der Waals surface area contributed by atoms with Gasteiger partial charge in [0.05, 0.1) is 12.2 Å². The highest BCUT2D eigenvalue weighted by molar-refractivity contribution is 5.75. The van der Waals surface area contributed by atoms with Crippen LogP contribution in [0.3, 0.4) is 0 Å². The maximum Gasteiger partial charge on any atom is 0.220 e. The smallest absolute Gasteiger partial charge is 0.220 e. The van der Waals surface area contributed by atoms with E-state index in [0.717, 1.165) is 12.8 Å². The number of hydrogen-bond acceptors (Lipinski definition) is 3. The van der Waals surface area contributed by atoms with Gasteiger partial charge in [0.2, 0.25) is 5.91 Å². The Morgan fingerprint density at radius 2 is 1.84 bits per heavy atom. The highest BCUT2D eigenvalue weighted by Gasteiger charge is 2.08. The SMILES string of the molecule is CC#CCC(C)C(O)/C=C/C=C/C=C/C(O)CCC(=O)NCCCC. The lowest BCUT2D eigenvalue weighted by Crippen LogP contribution is -2.25. The molecule has 0 spiro atoms. The Kier molecular flexibility index (Phi) is 14.5. The van der Waals surface area contributed by atoms with E-state index < -0.39 is 12.2 Å². The van der Waals surface area contributed by atoms with Crippen molar-refractivity contribution < 1.29 is 15.0 Å². The van der Waals surface area contributed by atoms with E-state index >= 15 is 0 Å². The molecule has 0 bridgehead atoms. The molecule has 3 atom stereocenters. The van der Waals surface area contributed by atoms with Crippen molar-refractivity contribution in [3.8, 4) is 11.8 Å². The Bertz CT molecular complexity index is 497. The molecule has 3 unspecified atom stereocenters. The molecular formula is C21H33NO3. The normalized spacial score (nSPS) is 15.2. The summed E-state index contributed by atoms with van der Waals surface area (Å²) in [5, 5.41) is 22.5. The van der Waals surface area contributed by atoms with Crippen LogP contribution in [0.15, 0.2) is 36.5 Å². The average Bonchev–Trinajstić information content (AvgIpc) is 2.60. The molecule has 0 fully saturated rings. The summed E-state index contributed by atoms with van der Waals surface area (Å²) in [7, 11) is 0. The second kappa shape index (κ2) is 15.7. The van der Waals surface area contributed by atoms with Gasteiger partial charge in [0, 0.05) is 19.4 Å². The van der Waals surface area contributed by atoms with Gasteiger partial charge in [-0.05, 0) is 25.7 Å². The lowest BCUT2D eigenvalue weighted by molar-refractivity contribution is -0.121. The number of aliphatic hydroxyl groups excluding tert-OH is 2. The minimum Gasteiger partial charge on any atom is -0.389 e. The molecule has 25 heavy (non-hydrogen) atoms. The summed E-state index contributed by atoms with van der Waals surface area (Å²) in [6.45, 7) is 6.52. The quantitative estimate of drug-likeness (QED) is 0.289. The molecule has 0 aromatic heterocycles. The van der Waals surface area contributed by atoms with E-state index in [2.05, 4.69) is 24.1 Å². The molecule has 0 saturated heterocycles. The highest BCUT2D eigenvalue weighted by atomic mass is 16.3. The Balaban J connectivity index is 4.00. The summed E-state index contributed by atoms with van der Waals surface area (Å²) in [5.41, 5.74) is 0. The molecule has 0 rings (SSSR count). The second-order valence-corrected chi connectivity index (χ2v) is 6.06. The van der Waals surface area contributed by atoms with Crippen molar-refractivity contribution in [2.45, 2.75) is 65.1 Å². The Morgan fingerprint density at radius 1 is 1.16 bits per heavy atom. The molecule has 4 nitrogen and oxygen atoms in total. The minimum atomic E-state index is -0.635. The van der Waals surface area contributed by atoms with E-state index in [4.69, 9.17) is 0 Å². The lowest BCUT2D eigenvalue weighted by atomic mass is 10.0. The van der Waals surface area contributed by atoms with E-state index in [1.807, 2.05) is 6.92 Å². The molecule has 0 aliphatic carbocycles. The fourth-order valence-corrected chi connectivity index (χ4v) is 1.94.